The Morgan fingerprint density at radius 2 is 2.00 bits per heavy atom. The van der Waals surface area contributed by atoms with Gasteiger partial charge in [-0.25, -0.2) is 4.98 Å². The Morgan fingerprint density at radius 3 is 2.53 bits per heavy atom. The highest BCUT2D eigenvalue weighted by Gasteiger charge is 2.22. The fourth-order valence-corrected chi connectivity index (χ4v) is 2.07. The number of hydrogen-bond acceptors (Lipinski definition) is 3. The molecule has 1 aromatic carbocycles. The van der Waals surface area contributed by atoms with Gasteiger partial charge in [0.2, 0.25) is 0 Å². The molecular formula is C15H18N2O2. The molecule has 1 unspecified atom stereocenters. The van der Waals surface area contributed by atoms with E-state index in [2.05, 4.69) is 4.98 Å². The maximum atomic E-state index is 12.0. The molecule has 1 atom stereocenters. The van der Waals surface area contributed by atoms with Crippen LogP contribution in [0.25, 0.3) is 0 Å². The van der Waals surface area contributed by atoms with Crippen LogP contribution in [0.3, 0.4) is 0 Å². The summed E-state index contributed by atoms with van der Waals surface area (Å²) >= 11 is 0. The summed E-state index contributed by atoms with van der Waals surface area (Å²) in [6, 6.07) is 9.68. The highest BCUT2D eigenvalue weighted by molar-refractivity contribution is 5.77. The minimum atomic E-state index is -0.307. The van der Waals surface area contributed by atoms with Crippen molar-refractivity contribution in [3.05, 3.63) is 53.6 Å². The molecule has 0 saturated heterocycles. The van der Waals surface area contributed by atoms with Crippen LogP contribution in [0.5, 0.6) is 0 Å². The van der Waals surface area contributed by atoms with E-state index < -0.39 is 0 Å². The standard InChI is InChI=1S/C15H18N2O2/c1-11-12(2)17(10-16-11)9-14(15(18)19-3)13-7-5-4-6-8-13/h4-8,10,14H,9H2,1-3H3. The molecule has 1 heterocycles. The van der Waals surface area contributed by atoms with E-state index in [9.17, 15) is 4.79 Å². The minimum absolute atomic E-state index is 0.225. The van der Waals surface area contributed by atoms with Crippen LogP contribution in [0.4, 0.5) is 0 Å². The van der Waals surface area contributed by atoms with Crippen molar-refractivity contribution in [2.24, 2.45) is 0 Å². The third kappa shape index (κ3) is 2.84. The minimum Gasteiger partial charge on any atom is -0.468 e. The van der Waals surface area contributed by atoms with Crippen molar-refractivity contribution in [3.8, 4) is 0 Å². The Bertz CT molecular complexity index is 561. The zero-order valence-corrected chi connectivity index (χ0v) is 11.5. The molecule has 0 N–H and O–H groups in total. The van der Waals surface area contributed by atoms with Crippen LogP contribution >= 0.6 is 0 Å². The smallest absolute Gasteiger partial charge is 0.314 e. The second-order valence-electron chi connectivity index (χ2n) is 4.55. The highest BCUT2D eigenvalue weighted by atomic mass is 16.5. The average molecular weight is 258 g/mol. The van der Waals surface area contributed by atoms with Gasteiger partial charge in [0.1, 0.15) is 0 Å². The van der Waals surface area contributed by atoms with E-state index in [1.807, 2.05) is 48.7 Å². The number of esters is 1. The number of imidazole rings is 1. The predicted octanol–water partition coefficient (Wildman–Crippen LogP) is 2.46. The summed E-state index contributed by atoms with van der Waals surface area (Å²) in [4.78, 5) is 16.2. The lowest BCUT2D eigenvalue weighted by molar-refractivity contribution is -0.142. The van der Waals surface area contributed by atoms with Gasteiger partial charge in [0, 0.05) is 12.2 Å². The molecular weight excluding hydrogens is 240 g/mol. The molecule has 2 rings (SSSR count). The van der Waals surface area contributed by atoms with E-state index in [1.165, 1.54) is 7.11 Å². The van der Waals surface area contributed by atoms with Gasteiger partial charge in [0.15, 0.2) is 0 Å². The fraction of sp³-hybridized carbons (Fsp3) is 0.333. The van der Waals surface area contributed by atoms with Crippen LogP contribution in [0.2, 0.25) is 0 Å². The molecule has 0 radical (unpaired) electrons. The summed E-state index contributed by atoms with van der Waals surface area (Å²) in [5, 5.41) is 0. The van der Waals surface area contributed by atoms with Gasteiger partial charge in [-0.15, -0.1) is 0 Å². The number of rotatable bonds is 4. The van der Waals surface area contributed by atoms with Crippen molar-refractivity contribution in [1.82, 2.24) is 9.55 Å². The Hall–Kier alpha value is -2.10. The van der Waals surface area contributed by atoms with Gasteiger partial charge in [-0.3, -0.25) is 4.79 Å². The number of aryl methyl sites for hydroxylation is 1. The summed E-state index contributed by atoms with van der Waals surface area (Å²) in [7, 11) is 1.42. The molecule has 4 nitrogen and oxygen atoms in total. The first-order chi connectivity index (χ1) is 9.13. The van der Waals surface area contributed by atoms with Gasteiger partial charge in [0.25, 0.3) is 0 Å². The monoisotopic (exact) mass is 258 g/mol. The highest BCUT2D eigenvalue weighted by Crippen LogP contribution is 2.20. The van der Waals surface area contributed by atoms with E-state index in [1.54, 1.807) is 6.33 Å². The van der Waals surface area contributed by atoms with Crippen molar-refractivity contribution in [2.45, 2.75) is 26.3 Å². The van der Waals surface area contributed by atoms with Gasteiger partial charge in [-0.2, -0.15) is 0 Å². The molecule has 0 aliphatic rings. The maximum Gasteiger partial charge on any atom is 0.314 e. The Morgan fingerprint density at radius 1 is 1.32 bits per heavy atom. The SMILES string of the molecule is COC(=O)C(Cn1cnc(C)c1C)c1ccccc1. The number of benzene rings is 1. The zero-order valence-electron chi connectivity index (χ0n) is 11.5. The van der Waals surface area contributed by atoms with E-state index >= 15 is 0 Å². The average Bonchev–Trinajstić information content (AvgIpc) is 2.76. The zero-order chi connectivity index (χ0) is 13.8. The van der Waals surface area contributed by atoms with Crippen molar-refractivity contribution in [3.63, 3.8) is 0 Å². The molecule has 1 aromatic heterocycles. The van der Waals surface area contributed by atoms with Gasteiger partial charge < -0.3 is 9.30 Å². The lowest BCUT2D eigenvalue weighted by Crippen LogP contribution is -2.20. The molecule has 0 saturated carbocycles. The molecule has 0 amide bonds. The number of aromatic nitrogens is 2. The van der Waals surface area contributed by atoms with E-state index in [0.29, 0.717) is 6.54 Å². The maximum absolute atomic E-state index is 12.0. The van der Waals surface area contributed by atoms with Crippen molar-refractivity contribution in [1.29, 1.82) is 0 Å². The Kier molecular flexibility index (Phi) is 4.00. The number of carbonyl (C=O) groups is 1. The molecule has 100 valence electrons. The predicted molar refractivity (Wildman–Crippen MR) is 72.9 cm³/mol. The van der Waals surface area contributed by atoms with Crippen LogP contribution in [0.15, 0.2) is 36.7 Å². The van der Waals surface area contributed by atoms with E-state index in [0.717, 1.165) is 17.0 Å². The summed E-state index contributed by atoms with van der Waals surface area (Å²) in [5.74, 6) is -0.532. The summed E-state index contributed by atoms with van der Waals surface area (Å²) < 4.78 is 6.90. The number of nitrogens with zero attached hydrogens (tertiary/aromatic N) is 2. The third-order valence-electron chi connectivity index (χ3n) is 3.41. The van der Waals surface area contributed by atoms with Gasteiger partial charge in [-0.05, 0) is 19.4 Å². The fourth-order valence-electron chi connectivity index (χ4n) is 2.07. The van der Waals surface area contributed by atoms with Crippen LogP contribution < -0.4 is 0 Å². The van der Waals surface area contributed by atoms with Crippen LogP contribution in [0, 0.1) is 13.8 Å². The molecule has 2 aromatic rings. The second kappa shape index (κ2) is 5.69. The number of ether oxygens (including phenoxy) is 1. The number of carbonyl (C=O) groups excluding carboxylic acids is 1. The lowest BCUT2D eigenvalue weighted by atomic mass is 9.99. The molecule has 0 fully saturated rings. The van der Waals surface area contributed by atoms with Gasteiger partial charge >= 0.3 is 5.97 Å². The molecule has 19 heavy (non-hydrogen) atoms. The first-order valence-electron chi connectivity index (χ1n) is 6.24. The molecule has 4 heteroatoms. The van der Waals surface area contributed by atoms with Crippen LogP contribution in [-0.4, -0.2) is 22.6 Å². The largest absolute Gasteiger partial charge is 0.468 e. The van der Waals surface area contributed by atoms with Gasteiger partial charge in [0.05, 0.1) is 25.0 Å². The topological polar surface area (TPSA) is 44.1 Å². The Balaban J connectivity index is 2.30. The van der Waals surface area contributed by atoms with Crippen molar-refractivity contribution in [2.75, 3.05) is 7.11 Å². The van der Waals surface area contributed by atoms with E-state index in [4.69, 9.17) is 4.74 Å². The van der Waals surface area contributed by atoms with Gasteiger partial charge in [-0.1, -0.05) is 30.3 Å². The normalized spacial score (nSPS) is 12.2. The number of methoxy groups -OCH3 is 1. The molecule has 0 aliphatic carbocycles. The first kappa shape index (κ1) is 13.3. The molecule has 0 aliphatic heterocycles. The Labute approximate surface area is 113 Å². The van der Waals surface area contributed by atoms with Crippen LogP contribution in [-0.2, 0) is 16.1 Å². The summed E-state index contributed by atoms with van der Waals surface area (Å²) in [6.07, 6.45) is 1.77. The van der Waals surface area contributed by atoms with Crippen molar-refractivity contribution < 1.29 is 9.53 Å². The summed E-state index contributed by atoms with van der Waals surface area (Å²) in [6.45, 7) is 4.51. The summed E-state index contributed by atoms with van der Waals surface area (Å²) in [5.41, 5.74) is 3.02. The van der Waals surface area contributed by atoms with E-state index in [-0.39, 0.29) is 11.9 Å². The quantitative estimate of drug-likeness (QED) is 0.791. The molecule has 0 bridgehead atoms. The van der Waals surface area contributed by atoms with Crippen LogP contribution in [0.1, 0.15) is 22.9 Å². The lowest BCUT2D eigenvalue weighted by Gasteiger charge is -2.16. The third-order valence-corrected chi connectivity index (χ3v) is 3.41. The number of hydrogen-bond donors (Lipinski definition) is 0. The first-order valence-corrected chi connectivity index (χ1v) is 6.24. The van der Waals surface area contributed by atoms with Crippen molar-refractivity contribution >= 4 is 5.97 Å². The molecule has 0 spiro atoms. The second-order valence-corrected chi connectivity index (χ2v) is 4.55.